The smallest absolute Gasteiger partial charge is 0.239 e. The van der Waals surface area contributed by atoms with Gasteiger partial charge in [-0.1, -0.05) is 49.1 Å². The fraction of sp³-hybridized carbons (Fsp3) is 0.320. The first-order valence-electron chi connectivity index (χ1n) is 11.1. The van der Waals surface area contributed by atoms with Crippen LogP contribution >= 0.6 is 34.7 Å². The van der Waals surface area contributed by atoms with Crippen molar-refractivity contribution in [1.29, 1.82) is 0 Å². The Balaban J connectivity index is 1.30. The van der Waals surface area contributed by atoms with Crippen LogP contribution in [0.2, 0.25) is 5.02 Å². The molecule has 1 aromatic heterocycles. The van der Waals surface area contributed by atoms with Gasteiger partial charge < -0.3 is 10.6 Å². The third kappa shape index (κ3) is 6.37. The first-order valence-corrected chi connectivity index (χ1v) is 13.2. The molecule has 0 bridgehead atoms. The molecule has 172 valence electrons. The summed E-state index contributed by atoms with van der Waals surface area (Å²) in [5.41, 5.74) is 2.38. The van der Waals surface area contributed by atoms with Gasteiger partial charge in [0.05, 0.1) is 10.9 Å². The van der Waals surface area contributed by atoms with Crippen molar-refractivity contribution < 1.29 is 9.59 Å². The molecule has 5 nitrogen and oxygen atoms in total. The second-order valence-electron chi connectivity index (χ2n) is 8.12. The summed E-state index contributed by atoms with van der Waals surface area (Å²) in [6, 6.07) is 15.2. The van der Waals surface area contributed by atoms with Crippen LogP contribution in [-0.4, -0.2) is 22.0 Å². The van der Waals surface area contributed by atoms with Crippen LogP contribution in [0.15, 0.2) is 58.8 Å². The van der Waals surface area contributed by atoms with Crippen molar-refractivity contribution in [2.75, 3.05) is 10.6 Å². The Labute approximate surface area is 207 Å². The fourth-order valence-corrected chi connectivity index (χ4v) is 5.63. The van der Waals surface area contributed by atoms with E-state index in [1.54, 1.807) is 0 Å². The van der Waals surface area contributed by atoms with Crippen LogP contribution in [0.5, 0.6) is 0 Å². The molecule has 3 aromatic rings. The van der Waals surface area contributed by atoms with Gasteiger partial charge in [-0.2, -0.15) is 0 Å². The van der Waals surface area contributed by atoms with Gasteiger partial charge in [0.15, 0.2) is 5.13 Å². The van der Waals surface area contributed by atoms with Crippen LogP contribution in [-0.2, 0) is 9.59 Å². The zero-order valence-corrected chi connectivity index (χ0v) is 20.7. The Hall–Kier alpha value is -2.35. The maximum atomic E-state index is 12.7. The van der Waals surface area contributed by atoms with E-state index in [2.05, 4.69) is 15.6 Å². The third-order valence-electron chi connectivity index (χ3n) is 5.66. The number of nitrogens with one attached hydrogen (secondary N) is 2. The molecule has 0 saturated heterocycles. The van der Waals surface area contributed by atoms with Gasteiger partial charge in [0.1, 0.15) is 0 Å². The van der Waals surface area contributed by atoms with Crippen LogP contribution in [0.4, 0.5) is 10.8 Å². The van der Waals surface area contributed by atoms with Gasteiger partial charge in [-0.15, -0.1) is 23.1 Å². The lowest BCUT2D eigenvalue weighted by Crippen LogP contribution is -2.24. The van der Waals surface area contributed by atoms with E-state index in [-0.39, 0.29) is 23.0 Å². The quantitative estimate of drug-likeness (QED) is 0.340. The van der Waals surface area contributed by atoms with E-state index >= 15 is 0 Å². The number of aromatic nitrogens is 1. The lowest BCUT2D eigenvalue weighted by molar-refractivity contribution is -0.120. The average Bonchev–Trinajstić information content (AvgIpc) is 3.29. The number of anilines is 2. The van der Waals surface area contributed by atoms with Crippen molar-refractivity contribution in [3.8, 4) is 11.3 Å². The number of benzene rings is 2. The van der Waals surface area contributed by atoms with E-state index in [1.807, 2.05) is 60.8 Å². The second-order valence-corrected chi connectivity index (χ2v) is 10.8. The first kappa shape index (κ1) is 23.8. The molecule has 1 aliphatic carbocycles. The molecule has 1 atom stereocenters. The molecule has 1 saturated carbocycles. The number of thiazole rings is 1. The van der Waals surface area contributed by atoms with Crippen molar-refractivity contribution in [3.63, 3.8) is 0 Å². The van der Waals surface area contributed by atoms with E-state index in [9.17, 15) is 9.59 Å². The van der Waals surface area contributed by atoms with Crippen molar-refractivity contribution in [1.82, 2.24) is 4.98 Å². The predicted octanol–water partition coefficient (Wildman–Crippen LogP) is 7.10. The summed E-state index contributed by atoms with van der Waals surface area (Å²) in [6.45, 7) is 1.86. The summed E-state index contributed by atoms with van der Waals surface area (Å²) < 4.78 is 0. The highest BCUT2D eigenvalue weighted by Crippen LogP contribution is 2.31. The summed E-state index contributed by atoms with van der Waals surface area (Å²) in [5.74, 6) is 0.123. The Kier molecular flexibility index (Phi) is 8.06. The predicted molar refractivity (Wildman–Crippen MR) is 138 cm³/mol. The number of carbonyl (C=O) groups excluding carboxylic acids is 2. The van der Waals surface area contributed by atoms with Gasteiger partial charge in [0.2, 0.25) is 11.8 Å². The zero-order chi connectivity index (χ0) is 23.2. The highest BCUT2D eigenvalue weighted by atomic mass is 35.5. The molecule has 8 heteroatoms. The molecular formula is C25H26ClN3O2S2. The van der Waals surface area contributed by atoms with Crippen LogP contribution in [0.1, 0.15) is 39.0 Å². The van der Waals surface area contributed by atoms with Crippen LogP contribution < -0.4 is 10.6 Å². The minimum absolute atomic E-state index is 0.113. The summed E-state index contributed by atoms with van der Waals surface area (Å²) in [4.78, 5) is 30.6. The van der Waals surface area contributed by atoms with Gasteiger partial charge >= 0.3 is 0 Å². The molecule has 2 N–H and O–H groups in total. The summed E-state index contributed by atoms with van der Waals surface area (Å²) in [5, 5.41) is 8.67. The first-order chi connectivity index (χ1) is 16.0. The number of hydrogen-bond donors (Lipinski definition) is 2. The molecule has 0 radical (unpaired) electrons. The Morgan fingerprint density at radius 2 is 1.79 bits per heavy atom. The van der Waals surface area contributed by atoms with E-state index in [4.69, 9.17) is 11.6 Å². The zero-order valence-electron chi connectivity index (χ0n) is 18.3. The average molecular weight is 500 g/mol. The standard InChI is InChI=1S/C25H26ClN3O2S2/c1-16(23(30)29-25-28-22(15-32-25)20-9-5-6-10-21(20)26)33-19-13-11-18(12-14-19)27-24(31)17-7-3-2-4-8-17/h5-6,9-17H,2-4,7-8H2,1H3,(H,27,31)(H,28,29,30). The summed E-state index contributed by atoms with van der Waals surface area (Å²) in [6.07, 6.45) is 5.45. The Bertz CT molecular complexity index is 1110. The molecule has 1 unspecified atom stereocenters. The summed E-state index contributed by atoms with van der Waals surface area (Å²) >= 11 is 9.08. The minimum Gasteiger partial charge on any atom is -0.326 e. The molecule has 2 amide bonds. The topological polar surface area (TPSA) is 71.1 Å². The highest BCUT2D eigenvalue weighted by molar-refractivity contribution is 8.00. The lowest BCUT2D eigenvalue weighted by Gasteiger charge is -2.20. The molecule has 2 aromatic carbocycles. The molecule has 0 spiro atoms. The molecular weight excluding hydrogens is 474 g/mol. The Morgan fingerprint density at radius 3 is 2.52 bits per heavy atom. The second kappa shape index (κ2) is 11.2. The number of thioether (sulfide) groups is 1. The van der Waals surface area contributed by atoms with Gasteiger partial charge in [-0.25, -0.2) is 4.98 Å². The molecule has 1 heterocycles. The number of rotatable bonds is 7. The minimum atomic E-state index is -0.305. The fourth-order valence-electron chi connectivity index (χ4n) is 3.81. The van der Waals surface area contributed by atoms with Gasteiger partial charge in [-0.05, 0) is 50.1 Å². The SMILES string of the molecule is CC(Sc1ccc(NC(=O)C2CCCCC2)cc1)C(=O)Nc1nc(-c2ccccc2Cl)cs1. The van der Waals surface area contributed by atoms with Gasteiger partial charge in [-0.3, -0.25) is 9.59 Å². The van der Waals surface area contributed by atoms with Gasteiger partial charge in [0, 0.05) is 32.5 Å². The molecule has 0 aliphatic heterocycles. The monoisotopic (exact) mass is 499 g/mol. The van der Waals surface area contributed by atoms with Crippen molar-refractivity contribution in [2.24, 2.45) is 5.92 Å². The van der Waals surface area contributed by atoms with Crippen molar-refractivity contribution in [3.05, 3.63) is 58.9 Å². The number of carbonyl (C=O) groups is 2. The summed E-state index contributed by atoms with van der Waals surface area (Å²) in [7, 11) is 0. The number of amides is 2. The molecule has 33 heavy (non-hydrogen) atoms. The largest absolute Gasteiger partial charge is 0.326 e. The van der Waals surface area contributed by atoms with Crippen molar-refractivity contribution >= 4 is 57.3 Å². The van der Waals surface area contributed by atoms with E-state index < -0.39 is 0 Å². The number of halogens is 1. The van der Waals surface area contributed by atoms with E-state index in [1.165, 1.54) is 29.5 Å². The third-order valence-corrected chi connectivity index (χ3v) is 7.86. The number of nitrogens with zero attached hydrogens (tertiary/aromatic N) is 1. The molecule has 1 aliphatic rings. The maximum Gasteiger partial charge on any atom is 0.239 e. The maximum absolute atomic E-state index is 12.7. The van der Waals surface area contributed by atoms with E-state index in [0.717, 1.165) is 47.5 Å². The van der Waals surface area contributed by atoms with Crippen LogP contribution in [0, 0.1) is 5.92 Å². The number of hydrogen-bond acceptors (Lipinski definition) is 5. The molecule has 4 rings (SSSR count). The lowest BCUT2D eigenvalue weighted by atomic mass is 9.88. The van der Waals surface area contributed by atoms with E-state index in [0.29, 0.717) is 10.2 Å². The van der Waals surface area contributed by atoms with Crippen LogP contribution in [0.3, 0.4) is 0 Å². The van der Waals surface area contributed by atoms with Crippen molar-refractivity contribution in [2.45, 2.75) is 49.2 Å². The molecule has 1 fully saturated rings. The van der Waals surface area contributed by atoms with Crippen LogP contribution in [0.25, 0.3) is 11.3 Å². The van der Waals surface area contributed by atoms with Gasteiger partial charge in [0.25, 0.3) is 0 Å². The normalized spacial score (nSPS) is 15.1. The Morgan fingerprint density at radius 1 is 1.06 bits per heavy atom. The highest BCUT2D eigenvalue weighted by Gasteiger charge is 2.21.